The molecule has 0 N–H and O–H groups in total. The SMILES string of the molecule is O=C(Cc1ccccc1Cl)N1CCOC(c2ccco2)C1. The van der Waals surface area contributed by atoms with E-state index in [-0.39, 0.29) is 12.0 Å². The van der Waals surface area contributed by atoms with Gasteiger partial charge in [-0.1, -0.05) is 29.8 Å². The number of carbonyl (C=O) groups excluding carboxylic acids is 1. The van der Waals surface area contributed by atoms with Crippen LogP contribution < -0.4 is 0 Å². The Morgan fingerprint density at radius 1 is 1.29 bits per heavy atom. The van der Waals surface area contributed by atoms with Crippen molar-refractivity contribution in [1.82, 2.24) is 4.90 Å². The van der Waals surface area contributed by atoms with E-state index in [0.29, 0.717) is 31.1 Å². The summed E-state index contributed by atoms with van der Waals surface area (Å²) in [5.41, 5.74) is 0.852. The van der Waals surface area contributed by atoms with Crippen molar-refractivity contribution in [2.45, 2.75) is 12.5 Å². The fraction of sp³-hybridized carbons (Fsp3) is 0.312. The van der Waals surface area contributed by atoms with Gasteiger partial charge < -0.3 is 14.1 Å². The monoisotopic (exact) mass is 305 g/mol. The molecule has 1 amide bonds. The Kier molecular flexibility index (Phi) is 4.27. The van der Waals surface area contributed by atoms with Crippen LogP contribution in [0.25, 0.3) is 0 Å². The minimum Gasteiger partial charge on any atom is -0.467 e. The van der Waals surface area contributed by atoms with Gasteiger partial charge >= 0.3 is 0 Å². The average molecular weight is 306 g/mol. The molecular weight excluding hydrogens is 290 g/mol. The zero-order valence-corrected chi connectivity index (χ0v) is 12.3. The average Bonchev–Trinajstić information content (AvgIpc) is 3.04. The lowest BCUT2D eigenvalue weighted by Gasteiger charge is -2.32. The Hall–Kier alpha value is -1.78. The maximum atomic E-state index is 12.4. The largest absolute Gasteiger partial charge is 0.467 e. The Balaban J connectivity index is 1.66. The van der Waals surface area contributed by atoms with Crippen LogP contribution in [0.1, 0.15) is 17.4 Å². The van der Waals surface area contributed by atoms with Crippen LogP contribution in [0.3, 0.4) is 0 Å². The number of furan rings is 1. The second kappa shape index (κ2) is 6.33. The van der Waals surface area contributed by atoms with Gasteiger partial charge in [0, 0.05) is 11.6 Å². The molecule has 4 nitrogen and oxygen atoms in total. The Labute approximate surface area is 128 Å². The summed E-state index contributed by atoms with van der Waals surface area (Å²) in [6.45, 7) is 1.62. The molecular formula is C16H16ClNO3. The van der Waals surface area contributed by atoms with Crippen LogP contribution in [0, 0.1) is 0 Å². The van der Waals surface area contributed by atoms with Crippen molar-refractivity contribution in [3.63, 3.8) is 0 Å². The van der Waals surface area contributed by atoms with Crippen molar-refractivity contribution in [3.05, 3.63) is 59.0 Å². The van der Waals surface area contributed by atoms with Crippen LogP contribution in [0.4, 0.5) is 0 Å². The van der Waals surface area contributed by atoms with Gasteiger partial charge in [0.1, 0.15) is 11.9 Å². The summed E-state index contributed by atoms with van der Waals surface area (Å²) in [4.78, 5) is 14.2. The molecule has 0 spiro atoms. The summed E-state index contributed by atoms with van der Waals surface area (Å²) in [5, 5.41) is 0.627. The molecule has 1 aromatic carbocycles. The van der Waals surface area contributed by atoms with Crippen LogP contribution in [0.2, 0.25) is 5.02 Å². The van der Waals surface area contributed by atoms with Gasteiger partial charge in [-0.3, -0.25) is 4.79 Å². The number of benzene rings is 1. The van der Waals surface area contributed by atoms with Crippen molar-refractivity contribution in [1.29, 1.82) is 0 Å². The lowest BCUT2D eigenvalue weighted by Crippen LogP contribution is -2.42. The highest BCUT2D eigenvalue weighted by molar-refractivity contribution is 6.31. The number of morpholine rings is 1. The number of nitrogens with zero attached hydrogens (tertiary/aromatic N) is 1. The van der Waals surface area contributed by atoms with Crippen molar-refractivity contribution >= 4 is 17.5 Å². The Morgan fingerprint density at radius 2 is 2.14 bits per heavy atom. The molecule has 0 bridgehead atoms. The number of ether oxygens (including phenoxy) is 1. The predicted molar refractivity (Wildman–Crippen MR) is 79.1 cm³/mol. The highest BCUT2D eigenvalue weighted by atomic mass is 35.5. The van der Waals surface area contributed by atoms with Crippen LogP contribution in [-0.4, -0.2) is 30.5 Å². The van der Waals surface area contributed by atoms with E-state index in [9.17, 15) is 4.79 Å². The minimum atomic E-state index is -0.191. The Morgan fingerprint density at radius 3 is 2.90 bits per heavy atom. The van der Waals surface area contributed by atoms with E-state index in [1.54, 1.807) is 17.2 Å². The maximum absolute atomic E-state index is 12.4. The first-order valence-electron chi connectivity index (χ1n) is 6.90. The van der Waals surface area contributed by atoms with Gasteiger partial charge in [-0.05, 0) is 23.8 Å². The molecule has 0 saturated carbocycles. The molecule has 1 fully saturated rings. The molecule has 3 rings (SSSR count). The summed E-state index contributed by atoms with van der Waals surface area (Å²) in [5.74, 6) is 0.813. The van der Waals surface area contributed by atoms with Crippen molar-refractivity contribution in [2.24, 2.45) is 0 Å². The molecule has 2 aromatic rings. The third kappa shape index (κ3) is 3.28. The molecule has 110 valence electrons. The first kappa shape index (κ1) is 14.2. The van der Waals surface area contributed by atoms with Crippen molar-refractivity contribution < 1.29 is 13.9 Å². The Bertz CT molecular complexity index is 612. The normalized spacial score (nSPS) is 18.7. The van der Waals surface area contributed by atoms with E-state index in [4.69, 9.17) is 20.8 Å². The summed E-state index contributed by atoms with van der Waals surface area (Å²) < 4.78 is 11.0. The van der Waals surface area contributed by atoms with E-state index < -0.39 is 0 Å². The van der Waals surface area contributed by atoms with Crippen LogP contribution in [0.5, 0.6) is 0 Å². The molecule has 1 aliphatic heterocycles. The van der Waals surface area contributed by atoms with Gasteiger partial charge in [-0.15, -0.1) is 0 Å². The van der Waals surface area contributed by atoms with E-state index in [1.165, 1.54) is 0 Å². The number of carbonyl (C=O) groups is 1. The van der Waals surface area contributed by atoms with Gasteiger partial charge in [0.15, 0.2) is 0 Å². The zero-order valence-electron chi connectivity index (χ0n) is 11.5. The standard InChI is InChI=1S/C16H16ClNO3/c17-13-5-2-1-4-12(13)10-16(19)18-7-9-21-15(11-18)14-6-3-8-20-14/h1-6,8,15H,7,9-11H2. The number of hydrogen-bond donors (Lipinski definition) is 0. The van der Waals surface area contributed by atoms with Crippen molar-refractivity contribution in [2.75, 3.05) is 19.7 Å². The molecule has 1 unspecified atom stereocenters. The van der Waals surface area contributed by atoms with Gasteiger partial charge in [-0.25, -0.2) is 0 Å². The second-order valence-electron chi connectivity index (χ2n) is 4.98. The number of amides is 1. The fourth-order valence-corrected chi connectivity index (χ4v) is 2.64. The van der Waals surface area contributed by atoms with Gasteiger partial charge in [-0.2, -0.15) is 0 Å². The van der Waals surface area contributed by atoms with E-state index in [0.717, 1.165) is 11.3 Å². The summed E-state index contributed by atoms with van der Waals surface area (Å²) in [6.07, 6.45) is 1.73. The number of rotatable bonds is 3. The fourth-order valence-electron chi connectivity index (χ4n) is 2.44. The summed E-state index contributed by atoms with van der Waals surface area (Å²) in [7, 11) is 0. The first-order valence-corrected chi connectivity index (χ1v) is 7.28. The quantitative estimate of drug-likeness (QED) is 0.875. The minimum absolute atomic E-state index is 0.0583. The third-order valence-corrected chi connectivity index (χ3v) is 3.95. The summed E-state index contributed by atoms with van der Waals surface area (Å²) >= 11 is 6.11. The van der Waals surface area contributed by atoms with Crippen LogP contribution in [0.15, 0.2) is 47.1 Å². The molecule has 1 aromatic heterocycles. The molecule has 0 aliphatic carbocycles. The molecule has 0 radical (unpaired) electrons. The smallest absolute Gasteiger partial charge is 0.227 e. The maximum Gasteiger partial charge on any atom is 0.227 e. The van der Waals surface area contributed by atoms with E-state index in [1.807, 2.05) is 30.3 Å². The summed E-state index contributed by atoms with van der Waals surface area (Å²) in [6, 6.07) is 11.1. The third-order valence-electron chi connectivity index (χ3n) is 3.58. The number of halogens is 1. The molecule has 5 heteroatoms. The van der Waals surface area contributed by atoms with Gasteiger partial charge in [0.05, 0.1) is 25.8 Å². The van der Waals surface area contributed by atoms with Gasteiger partial charge in [0.2, 0.25) is 5.91 Å². The van der Waals surface area contributed by atoms with Gasteiger partial charge in [0.25, 0.3) is 0 Å². The topological polar surface area (TPSA) is 42.7 Å². The highest BCUT2D eigenvalue weighted by Gasteiger charge is 2.27. The number of hydrogen-bond acceptors (Lipinski definition) is 3. The molecule has 2 heterocycles. The van der Waals surface area contributed by atoms with E-state index >= 15 is 0 Å². The van der Waals surface area contributed by atoms with Crippen LogP contribution >= 0.6 is 11.6 Å². The zero-order chi connectivity index (χ0) is 14.7. The highest BCUT2D eigenvalue weighted by Crippen LogP contribution is 2.23. The predicted octanol–water partition coefficient (Wildman–Crippen LogP) is 3.08. The van der Waals surface area contributed by atoms with Crippen LogP contribution in [-0.2, 0) is 16.0 Å². The van der Waals surface area contributed by atoms with Crippen molar-refractivity contribution in [3.8, 4) is 0 Å². The lowest BCUT2D eigenvalue weighted by atomic mass is 10.1. The second-order valence-corrected chi connectivity index (χ2v) is 5.39. The molecule has 1 atom stereocenters. The molecule has 21 heavy (non-hydrogen) atoms. The van der Waals surface area contributed by atoms with E-state index in [2.05, 4.69) is 0 Å². The molecule has 1 saturated heterocycles. The molecule has 1 aliphatic rings. The first-order chi connectivity index (χ1) is 10.2. The lowest BCUT2D eigenvalue weighted by molar-refractivity contribution is -0.138.